The molecule has 0 bridgehead atoms. The molecule has 0 aliphatic rings. The van der Waals surface area contributed by atoms with Crippen molar-refractivity contribution in [3.63, 3.8) is 0 Å². The van der Waals surface area contributed by atoms with Crippen LogP contribution in [0.1, 0.15) is 15.2 Å². The standard InChI is InChI=1S/C24H21FN2O3S/c1-29-20-10-5-16(13-21(20)30-2)14-26-24(28)23-22(27-11-3-4-12-27)19(15-31-23)17-6-8-18(25)9-7-17/h3-13,15H,14H2,1-2H3,(H,26,28). The Hall–Kier alpha value is -3.58. The van der Waals surface area contributed by atoms with Gasteiger partial charge in [0.2, 0.25) is 0 Å². The number of carbonyl (C=O) groups excluding carboxylic acids is 1. The zero-order valence-electron chi connectivity index (χ0n) is 17.1. The number of benzene rings is 2. The summed E-state index contributed by atoms with van der Waals surface area (Å²) in [4.78, 5) is 13.7. The summed E-state index contributed by atoms with van der Waals surface area (Å²) < 4.78 is 25.9. The Labute approximate surface area is 183 Å². The summed E-state index contributed by atoms with van der Waals surface area (Å²) in [6.45, 7) is 0.341. The van der Waals surface area contributed by atoms with Crippen LogP contribution in [0.2, 0.25) is 0 Å². The first-order chi connectivity index (χ1) is 15.1. The van der Waals surface area contributed by atoms with Crippen molar-refractivity contribution in [3.8, 4) is 28.3 Å². The highest BCUT2D eigenvalue weighted by molar-refractivity contribution is 7.13. The number of nitrogens with one attached hydrogen (secondary N) is 1. The van der Waals surface area contributed by atoms with E-state index < -0.39 is 0 Å². The SMILES string of the molecule is COc1ccc(CNC(=O)c2scc(-c3ccc(F)cc3)c2-n2cccc2)cc1OC. The molecular weight excluding hydrogens is 415 g/mol. The first kappa shape index (κ1) is 20.7. The van der Waals surface area contributed by atoms with E-state index in [0.717, 1.165) is 22.4 Å². The van der Waals surface area contributed by atoms with Crippen molar-refractivity contribution in [2.75, 3.05) is 14.2 Å². The molecule has 0 atom stereocenters. The first-order valence-corrected chi connectivity index (χ1v) is 10.5. The predicted molar refractivity (Wildman–Crippen MR) is 120 cm³/mol. The molecule has 4 aromatic rings. The van der Waals surface area contributed by atoms with Crippen LogP contribution < -0.4 is 14.8 Å². The smallest absolute Gasteiger partial charge is 0.263 e. The van der Waals surface area contributed by atoms with Crippen LogP contribution in [0.4, 0.5) is 4.39 Å². The predicted octanol–water partition coefficient (Wildman–Crippen LogP) is 5.29. The van der Waals surface area contributed by atoms with Crippen LogP contribution in [-0.2, 0) is 6.54 Å². The van der Waals surface area contributed by atoms with Gasteiger partial charge in [-0.1, -0.05) is 18.2 Å². The molecular formula is C24H21FN2O3S. The Bertz CT molecular complexity index is 1180. The second-order valence-electron chi connectivity index (χ2n) is 6.80. The van der Waals surface area contributed by atoms with Gasteiger partial charge >= 0.3 is 0 Å². The Morgan fingerprint density at radius 2 is 1.74 bits per heavy atom. The van der Waals surface area contributed by atoms with Gasteiger partial charge in [0.1, 0.15) is 10.7 Å². The van der Waals surface area contributed by atoms with Gasteiger partial charge < -0.3 is 19.4 Å². The fourth-order valence-corrected chi connectivity index (χ4v) is 4.33. The molecule has 4 rings (SSSR count). The van der Waals surface area contributed by atoms with E-state index in [1.165, 1.54) is 23.5 Å². The van der Waals surface area contributed by atoms with Crippen molar-refractivity contribution in [3.05, 3.63) is 88.6 Å². The minimum atomic E-state index is -0.297. The molecule has 0 unspecified atom stereocenters. The Balaban J connectivity index is 1.62. The number of halogens is 1. The quantitative estimate of drug-likeness (QED) is 0.428. The van der Waals surface area contributed by atoms with Crippen molar-refractivity contribution in [1.29, 1.82) is 0 Å². The van der Waals surface area contributed by atoms with E-state index in [9.17, 15) is 9.18 Å². The number of thiophene rings is 1. The van der Waals surface area contributed by atoms with Crippen LogP contribution in [0.15, 0.2) is 72.4 Å². The van der Waals surface area contributed by atoms with Gasteiger partial charge in [-0.15, -0.1) is 11.3 Å². The second-order valence-corrected chi connectivity index (χ2v) is 7.68. The molecule has 7 heteroatoms. The number of carbonyl (C=O) groups is 1. The summed E-state index contributed by atoms with van der Waals surface area (Å²) in [5.41, 5.74) is 3.38. The van der Waals surface area contributed by atoms with Crippen molar-refractivity contribution in [1.82, 2.24) is 9.88 Å². The van der Waals surface area contributed by atoms with E-state index in [2.05, 4.69) is 5.32 Å². The maximum Gasteiger partial charge on any atom is 0.263 e. The molecule has 0 fully saturated rings. The van der Waals surface area contributed by atoms with Gasteiger partial charge in [0.25, 0.3) is 5.91 Å². The van der Waals surface area contributed by atoms with Crippen molar-refractivity contribution >= 4 is 17.2 Å². The Kier molecular flexibility index (Phi) is 6.04. The normalized spacial score (nSPS) is 10.7. The van der Waals surface area contributed by atoms with Gasteiger partial charge in [0, 0.05) is 29.9 Å². The molecule has 31 heavy (non-hydrogen) atoms. The molecule has 0 radical (unpaired) electrons. The topological polar surface area (TPSA) is 52.5 Å². The summed E-state index contributed by atoms with van der Waals surface area (Å²) >= 11 is 1.36. The summed E-state index contributed by atoms with van der Waals surface area (Å²) in [5, 5.41) is 4.91. The Morgan fingerprint density at radius 1 is 1.03 bits per heavy atom. The minimum Gasteiger partial charge on any atom is -0.493 e. The molecule has 158 valence electrons. The zero-order valence-corrected chi connectivity index (χ0v) is 17.9. The fraction of sp³-hybridized carbons (Fsp3) is 0.125. The lowest BCUT2D eigenvalue weighted by molar-refractivity contribution is 0.0955. The number of ether oxygens (including phenoxy) is 2. The van der Waals surface area contributed by atoms with Crippen LogP contribution in [0.5, 0.6) is 11.5 Å². The number of hydrogen-bond donors (Lipinski definition) is 1. The molecule has 1 amide bonds. The van der Waals surface area contributed by atoms with Crippen molar-refractivity contribution in [2.45, 2.75) is 6.54 Å². The summed E-state index contributed by atoms with van der Waals surface area (Å²) in [6, 6.07) is 15.6. The highest BCUT2D eigenvalue weighted by atomic mass is 32.1. The number of aromatic nitrogens is 1. The average molecular weight is 437 g/mol. The van der Waals surface area contributed by atoms with E-state index in [1.54, 1.807) is 26.4 Å². The number of amides is 1. The lowest BCUT2D eigenvalue weighted by Gasteiger charge is -2.12. The van der Waals surface area contributed by atoms with E-state index in [1.807, 2.05) is 52.7 Å². The highest BCUT2D eigenvalue weighted by Gasteiger charge is 2.20. The van der Waals surface area contributed by atoms with Gasteiger partial charge in [-0.05, 0) is 47.5 Å². The van der Waals surface area contributed by atoms with Crippen LogP contribution in [0.25, 0.3) is 16.8 Å². The largest absolute Gasteiger partial charge is 0.493 e. The molecule has 2 heterocycles. The van der Waals surface area contributed by atoms with Gasteiger partial charge in [-0.3, -0.25) is 4.79 Å². The summed E-state index contributed by atoms with van der Waals surface area (Å²) in [6.07, 6.45) is 3.78. The lowest BCUT2D eigenvalue weighted by atomic mass is 10.1. The molecule has 0 spiro atoms. The van der Waals surface area contributed by atoms with Gasteiger partial charge in [0.15, 0.2) is 11.5 Å². The first-order valence-electron chi connectivity index (χ1n) is 9.60. The third-order valence-corrected chi connectivity index (χ3v) is 5.86. The molecule has 0 saturated heterocycles. The van der Waals surface area contributed by atoms with Crippen molar-refractivity contribution in [2.24, 2.45) is 0 Å². The third kappa shape index (κ3) is 4.32. The van der Waals surface area contributed by atoms with E-state index in [-0.39, 0.29) is 11.7 Å². The van der Waals surface area contributed by atoms with Crippen LogP contribution in [0, 0.1) is 5.82 Å². The highest BCUT2D eigenvalue weighted by Crippen LogP contribution is 2.35. The maximum atomic E-state index is 13.4. The maximum absolute atomic E-state index is 13.4. The molecule has 0 aliphatic carbocycles. The molecule has 5 nitrogen and oxygen atoms in total. The molecule has 0 aliphatic heterocycles. The number of rotatable bonds is 7. The van der Waals surface area contributed by atoms with E-state index >= 15 is 0 Å². The minimum absolute atomic E-state index is 0.183. The molecule has 1 N–H and O–H groups in total. The van der Waals surface area contributed by atoms with E-state index in [4.69, 9.17) is 9.47 Å². The summed E-state index contributed by atoms with van der Waals surface area (Å²) in [5.74, 6) is 0.762. The molecule has 2 aromatic carbocycles. The number of nitrogens with zero attached hydrogens (tertiary/aromatic N) is 1. The average Bonchev–Trinajstić information content (AvgIpc) is 3.47. The van der Waals surface area contributed by atoms with Crippen LogP contribution >= 0.6 is 11.3 Å². The lowest BCUT2D eigenvalue weighted by Crippen LogP contribution is -2.23. The second kappa shape index (κ2) is 9.06. The Morgan fingerprint density at radius 3 is 2.42 bits per heavy atom. The summed E-state index contributed by atoms with van der Waals surface area (Å²) in [7, 11) is 3.16. The van der Waals surface area contributed by atoms with Crippen LogP contribution in [0.3, 0.4) is 0 Å². The molecule has 0 saturated carbocycles. The van der Waals surface area contributed by atoms with Crippen LogP contribution in [-0.4, -0.2) is 24.7 Å². The third-order valence-electron chi connectivity index (χ3n) is 4.89. The monoisotopic (exact) mass is 436 g/mol. The number of methoxy groups -OCH3 is 2. The van der Waals surface area contributed by atoms with E-state index in [0.29, 0.717) is 22.9 Å². The van der Waals surface area contributed by atoms with Crippen molar-refractivity contribution < 1.29 is 18.7 Å². The number of hydrogen-bond acceptors (Lipinski definition) is 4. The zero-order chi connectivity index (χ0) is 21.8. The van der Waals surface area contributed by atoms with Gasteiger partial charge in [-0.2, -0.15) is 0 Å². The van der Waals surface area contributed by atoms with Gasteiger partial charge in [0.05, 0.1) is 19.9 Å². The fourth-order valence-electron chi connectivity index (χ4n) is 3.34. The molecule has 2 aromatic heterocycles. The van der Waals surface area contributed by atoms with Gasteiger partial charge in [-0.25, -0.2) is 4.39 Å².